The Balaban J connectivity index is 2.10. The monoisotopic (exact) mass is 406 g/mol. The summed E-state index contributed by atoms with van der Waals surface area (Å²) in [6.07, 6.45) is 9.80. The van der Waals surface area contributed by atoms with E-state index in [9.17, 15) is 18.1 Å². The van der Waals surface area contributed by atoms with E-state index >= 15 is 0 Å². The number of aromatic hydroxyl groups is 1. The molecule has 2 aromatic rings. The lowest BCUT2D eigenvalue weighted by atomic mass is 10.0. The zero-order chi connectivity index (χ0) is 20.4. The second kappa shape index (κ2) is 11.1. The molecule has 154 valence electrons. The van der Waals surface area contributed by atoms with Gasteiger partial charge in [-0.05, 0) is 36.6 Å². The molecule has 0 aliphatic heterocycles. The van der Waals surface area contributed by atoms with Crippen LogP contribution in [0.5, 0.6) is 17.2 Å². The molecule has 6 heteroatoms. The molecule has 2 rings (SSSR count). The third-order valence-corrected chi connectivity index (χ3v) is 5.52. The van der Waals surface area contributed by atoms with E-state index < -0.39 is 15.0 Å². The van der Waals surface area contributed by atoms with Gasteiger partial charge in [0, 0.05) is 6.07 Å². The Bertz CT molecular complexity index is 832. The van der Waals surface area contributed by atoms with Crippen molar-refractivity contribution in [3.63, 3.8) is 0 Å². The van der Waals surface area contributed by atoms with Crippen LogP contribution in [-0.2, 0) is 16.5 Å². The van der Waals surface area contributed by atoms with E-state index in [2.05, 4.69) is 6.92 Å². The molecule has 5 nitrogen and oxygen atoms in total. The van der Waals surface area contributed by atoms with Gasteiger partial charge in [0.25, 0.3) is 10.1 Å². The molecule has 2 N–H and O–H groups in total. The van der Waals surface area contributed by atoms with Gasteiger partial charge in [-0.3, -0.25) is 4.55 Å². The first-order valence-corrected chi connectivity index (χ1v) is 11.4. The van der Waals surface area contributed by atoms with Crippen molar-refractivity contribution < 1.29 is 22.8 Å². The van der Waals surface area contributed by atoms with Gasteiger partial charge in [0.15, 0.2) is 5.75 Å². The second-order valence-corrected chi connectivity index (χ2v) is 8.44. The van der Waals surface area contributed by atoms with Crippen LogP contribution in [0.4, 0.5) is 0 Å². The van der Waals surface area contributed by atoms with Gasteiger partial charge in [-0.1, -0.05) is 70.1 Å². The first-order chi connectivity index (χ1) is 13.4. The summed E-state index contributed by atoms with van der Waals surface area (Å²) in [5, 5.41) is 9.94. The molecule has 0 fully saturated rings. The highest BCUT2D eigenvalue weighted by Gasteiger charge is 2.22. The van der Waals surface area contributed by atoms with E-state index in [1.807, 2.05) is 6.07 Å². The van der Waals surface area contributed by atoms with Gasteiger partial charge >= 0.3 is 0 Å². The number of unbranched alkanes of at least 4 members (excludes halogenated alkanes) is 7. The van der Waals surface area contributed by atoms with E-state index in [0.29, 0.717) is 17.7 Å². The molecule has 0 bridgehead atoms. The first kappa shape index (κ1) is 22.2. The third-order valence-electron chi connectivity index (χ3n) is 4.66. The van der Waals surface area contributed by atoms with Crippen LogP contribution in [0.3, 0.4) is 0 Å². The molecular weight excluding hydrogens is 376 g/mol. The minimum atomic E-state index is -4.53. The zero-order valence-corrected chi connectivity index (χ0v) is 17.2. The molecule has 0 saturated carbocycles. The van der Waals surface area contributed by atoms with E-state index in [-0.39, 0.29) is 11.5 Å². The average molecular weight is 407 g/mol. The number of hydrogen-bond donors (Lipinski definition) is 2. The Morgan fingerprint density at radius 3 is 2.11 bits per heavy atom. The van der Waals surface area contributed by atoms with Crippen LogP contribution in [0, 0.1) is 0 Å². The maximum absolute atomic E-state index is 11.8. The quantitative estimate of drug-likeness (QED) is 0.328. The van der Waals surface area contributed by atoms with Crippen molar-refractivity contribution in [2.24, 2.45) is 0 Å². The molecule has 0 aromatic heterocycles. The van der Waals surface area contributed by atoms with E-state index in [1.54, 1.807) is 24.3 Å². The highest BCUT2D eigenvalue weighted by Crippen LogP contribution is 2.36. The van der Waals surface area contributed by atoms with Gasteiger partial charge in [0.05, 0.1) is 0 Å². The highest BCUT2D eigenvalue weighted by atomic mass is 32.2. The Hall–Kier alpha value is -2.05. The van der Waals surface area contributed by atoms with Gasteiger partial charge in [-0.2, -0.15) is 8.42 Å². The van der Waals surface area contributed by atoms with Crippen LogP contribution in [0.1, 0.15) is 63.9 Å². The standard InChI is InChI=1S/C22H30O5S/c1-2-3-4-5-6-7-8-10-13-18-16-19(23)17-21(28(24,25)26)22(18)27-20-14-11-9-12-15-20/h9,11-12,14-17,23H,2-8,10,13H2,1H3,(H,24,25,26). The lowest BCUT2D eigenvalue weighted by Gasteiger charge is -2.15. The number of benzene rings is 2. The van der Waals surface area contributed by atoms with Gasteiger partial charge < -0.3 is 9.84 Å². The number of para-hydroxylation sites is 1. The molecule has 0 aliphatic rings. The molecule has 28 heavy (non-hydrogen) atoms. The number of ether oxygens (including phenoxy) is 1. The number of rotatable bonds is 12. The van der Waals surface area contributed by atoms with Crippen molar-refractivity contribution in [1.82, 2.24) is 0 Å². The Labute approximate surface area is 168 Å². The smallest absolute Gasteiger partial charge is 0.298 e. The van der Waals surface area contributed by atoms with Crippen LogP contribution < -0.4 is 4.74 Å². The molecule has 0 radical (unpaired) electrons. The highest BCUT2D eigenvalue weighted by molar-refractivity contribution is 7.86. The van der Waals surface area contributed by atoms with Crippen molar-refractivity contribution in [3.8, 4) is 17.2 Å². The van der Waals surface area contributed by atoms with E-state index in [4.69, 9.17) is 4.74 Å². The molecular formula is C22H30O5S. The largest absolute Gasteiger partial charge is 0.508 e. The van der Waals surface area contributed by atoms with Crippen molar-refractivity contribution >= 4 is 10.1 Å². The van der Waals surface area contributed by atoms with Gasteiger partial charge in [0.1, 0.15) is 16.4 Å². The maximum atomic E-state index is 11.8. The molecule has 0 unspecified atom stereocenters. The summed E-state index contributed by atoms with van der Waals surface area (Å²) in [6, 6.07) is 11.3. The van der Waals surface area contributed by atoms with Crippen molar-refractivity contribution in [2.75, 3.05) is 0 Å². The number of phenols is 1. The van der Waals surface area contributed by atoms with Crippen molar-refractivity contribution in [2.45, 2.75) is 69.6 Å². The topological polar surface area (TPSA) is 83.8 Å². The summed E-state index contributed by atoms with van der Waals surface area (Å²) in [4.78, 5) is -0.411. The predicted molar refractivity (Wildman–Crippen MR) is 111 cm³/mol. The molecule has 2 aromatic carbocycles. The summed E-state index contributed by atoms with van der Waals surface area (Å²) in [7, 11) is -4.53. The normalized spacial score (nSPS) is 11.5. The Morgan fingerprint density at radius 2 is 1.50 bits per heavy atom. The van der Waals surface area contributed by atoms with Gasteiger partial charge in [-0.25, -0.2) is 0 Å². The number of hydrogen-bond acceptors (Lipinski definition) is 4. The summed E-state index contributed by atoms with van der Waals surface area (Å²) in [5.41, 5.74) is 0.572. The lowest BCUT2D eigenvalue weighted by Crippen LogP contribution is -2.04. The Morgan fingerprint density at radius 1 is 0.893 bits per heavy atom. The molecule has 0 saturated heterocycles. The van der Waals surface area contributed by atoms with Crippen LogP contribution >= 0.6 is 0 Å². The fraction of sp³-hybridized carbons (Fsp3) is 0.455. The fourth-order valence-corrected chi connectivity index (χ4v) is 3.87. The average Bonchev–Trinajstić information content (AvgIpc) is 2.65. The lowest BCUT2D eigenvalue weighted by molar-refractivity contribution is 0.433. The summed E-state index contributed by atoms with van der Waals surface area (Å²) < 4.78 is 39.0. The molecule has 0 amide bonds. The summed E-state index contributed by atoms with van der Waals surface area (Å²) >= 11 is 0. The van der Waals surface area contributed by atoms with Crippen molar-refractivity contribution in [1.29, 1.82) is 0 Å². The minimum absolute atomic E-state index is 0.0782. The molecule has 0 aliphatic carbocycles. The van der Waals surface area contributed by atoms with Crippen LogP contribution in [0.25, 0.3) is 0 Å². The van der Waals surface area contributed by atoms with E-state index in [1.165, 1.54) is 38.2 Å². The third kappa shape index (κ3) is 7.17. The van der Waals surface area contributed by atoms with E-state index in [0.717, 1.165) is 25.3 Å². The maximum Gasteiger partial charge on any atom is 0.298 e. The number of aryl methyl sites for hydroxylation is 1. The SMILES string of the molecule is CCCCCCCCCCc1cc(O)cc(S(=O)(=O)O)c1Oc1ccccc1. The zero-order valence-electron chi connectivity index (χ0n) is 16.4. The minimum Gasteiger partial charge on any atom is -0.508 e. The fourth-order valence-electron chi connectivity index (χ4n) is 3.19. The molecule has 0 atom stereocenters. The molecule has 0 spiro atoms. The van der Waals surface area contributed by atoms with Gasteiger partial charge in [0.2, 0.25) is 0 Å². The van der Waals surface area contributed by atoms with Crippen LogP contribution in [0.2, 0.25) is 0 Å². The first-order valence-electron chi connectivity index (χ1n) is 9.98. The summed E-state index contributed by atoms with van der Waals surface area (Å²) in [6.45, 7) is 2.20. The van der Waals surface area contributed by atoms with Gasteiger partial charge in [-0.15, -0.1) is 0 Å². The van der Waals surface area contributed by atoms with Crippen LogP contribution in [-0.4, -0.2) is 18.1 Å². The Kier molecular flexibility index (Phi) is 8.80. The summed E-state index contributed by atoms with van der Waals surface area (Å²) in [5.74, 6) is 0.340. The second-order valence-electron chi connectivity index (χ2n) is 7.05. The molecule has 0 heterocycles. The predicted octanol–water partition coefficient (Wildman–Crippen LogP) is 6.11. The number of phenolic OH excluding ortho intramolecular Hbond substituents is 1. The van der Waals surface area contributed by atoms with Crippen molar-refractivity contribution in [3.05, 3.63) is 48.0 Å². The van der Waals surface area contributed by atoms with Crippen LogP contribution in [0.15, 0.2) is 47.4 Å².